The molecule has 3 aliphatic rings. The zero-order valence-electron chi connectivity index (χ0n) is 20.1. The first-order chi connectivity index (χ1) is 17.8. The molecule has 2 atom stereocenters. The van der Waals surface area contributed by atoms with Gasteiger partial charge in [-0.1, -0.05) is 6.07 Å². The van der Waals surface area contributed by atoms with Gasteiger partial charge in [-0.15, -0.1) is 0 Å². The minimum absolute atomic E-state index is 0.0227. The molecule has 2 unspecified atom stereocenters. The fourth-order valence-corrected chi connectivity index (χ4v) is 6.02. The maximum atomic E-state index is 13.3. The molecule has 2 N–H and O–H groups in total. The van der Waals surface area contributed by atoms with Gasteiger partial charge in [0.2, 0.25) is 0 Å². The number of carbonyl (C=O) groups is 1. The highest BCUT2D eigenvalue weighted by Crippen LogP contribution is 2.52. The quantitative estimate of drug-likeness (QED) is 0.444. The molecule has 1 aliphatic heterocycles. The van der Waals surface area contributed by atoms with Gasteiger partial charge in [-0.05, 0) is 49.9 Å². The molecule has 7 rings (SSSR count). The summed E-state index contributed by atoms with van der Waals surface area (Å²) in [6, 6.07) is 8.34. The number of pyridine rings is 1. The smallest absolute Gasteiger partial charge is 0.387 e. The van der Waals surface area contributed by atoms with E-state index in [0.29, 0.717) is 29.0 Å². The van der Waals surface area contributed by atoms with Crippen LogP contribution in [-0.2, 0) is 5.54 Å². The molecule has 1 amide bonds. The lowest BCUT2D eigenvalue weighted by molar-refractivity contribution is -0.0506. The molecule has 10 heteroatoms. The van der Waals surface area contributed by atoms with Crippen molar-refractivity contribution in [3.05, 3.63) is 77.3 Å². The fourth-order valence-electron chi connectivity index (χ4n) is 6.02. The van der Waals surface area contributed by atoms with E-state index >= 15 is 0 Å². The number of imidazole rings is 1. The Morgan fingerprint density at radius 3 is 2.62 bits per heavy atom. The standard InChI is InChI=1S/C27H24F2N6O2/c1-34-18-10-17(21-16(24(34)36)4-2-5-19(21)37-26(28)29)23-22(18)33-20-7-6-14(13-35(20)23)15-11-31-25(32-12-15)27(30)8-3-9-27/h2,4-7,11-13,17-18,26H,3,8-10,30H2,1H3. The van der Waals surface area contributed by atoms with Crippen LogP contribution in [0.4, 0.5) is 8.78 Å². The first-order valence-corrected chi connectivity index (χ1v) is 12.3. The lowest BCUT2D eigenvalue weighted by Crippen LogP contribution is -2.44. The van der Waals surface area contributed by atoms with E-state index in [2.05, 4.69) is 9.97 Å². The number of halogens is 2. The van der Waals surface area contributed by atoms with E-state index in [0.717, 1.165) is 41.8 Å². The van der Waals surface area contributed by atoms with Crippen molar-refractivity contribution < 1.29 is 18.3 Å². The average molecular weight is 503 g/mol. The second-order valence-corrected chi connectivity index (χ2v) is 10.1. The van der Waals surface area contributed by atoms with Crippen LogP contribution in [0.5, 0.6) is 5.75 Å². The molecule has 8 nitrogen and oxygen atoms in total. The van der Waals surface area contributed by atoms with Crippen molar-refractivity contribution in [2.45, 2.75) is 49.8 Å². The Bertz CT molecular complexity index is 1560. The summed E-state index contributed by atoms with van der Waals surface area (Å²) in [4.78, 5) is 28.9. The molecule has 1 saturated carbocycles. The highest BCUT2D eigenvalue weighted by atomic mass is 19.3. The molecule has 0 spiro atoms. The van der Waals surface area contributed by atoms with Crippen molar-refractivity contribution in [1.82, 2.24) is 24.3 Å². The van der Waals surface area contributed by atoms with E-state index in [1.807, 2.05) is 22.7 Å². The molecule has 3 aromatic heterocycles. The van der Waals surface area contributed by atoms with Gasteiger partial charge in [0.05, 0.1) is 23.0 Å². The summed E-state index contributed by atoms with van der Waals surface area (Å²) < 4.78 is 33.5. The van der Waals surface area contributed by atoms with Gasteiger partial charge in [-0.25, -0.2) is 15.0 Å². The molecular formula is C27H24F2N6O2. The number of amides is 1. The Morgan fingerprint density at radius 2 is 1.92 bits per heavy atom. The van der Waals surface area contributed by atoms with E-state index in [-0.39, 0.29) is 23.6 Å². The Balaban J connectivity index is 1.37. The van der Waals surface area contributed by atoms with Crippen molar-refractivity contribution in [1.29, 1.82) is 0 Å². The topological polar surface area (TPSA) is 98.6 Å². The normalized spacial score (nSPS) is 21.5. The number of nitrogens with two attached hydrogens (primary N) is 1. The molecule has 1 aromatic carbocycles. The predicted octanol–water partition coefficient (Wildman–Crippen LogP) is 4.39. The summed E-state index contributed by atoms with van der Waals surface area (Å²) in [5, 5.41) is 0. The molecule has 1 fully saturated rings. The third kappa shape index (κ3) is 3.21. The van der Waals surface area contributed by atoms with E-state index in [1.54, 1.807) is 36.5 Å². The van der Waals surface area contributed by atoms with Crippen molar-refractivity contribution in [3.63, 3.8) is 0 Å². The van der Waals surface area contributed by atoms with E-state index < -0.39 is 12.2 Å². The van der Waals surface area contributed by atoms with Gasteiger partial charge >= 0.3 is 6.61 Å². The van der Waals surface area contributed by atoms with Crippen LogP contribution in [0.15, 0.2) is 48.9 Å². The fraction of sp³-hybridized carbons (Fsp3) is 0.333. The van der Waals surface area contributed by atoms with Crippen LogP contribution in [0.3, 0.4) is 0 Å². The van der Waals surface area contributed by atoms with Crippen LogP contribution in [0.2, 0.25) is 0 Å². The van der Waals surface area contributed by atoms with Crippen LogP contribution in [0, 0.1) is 0 Å². The molecule has 37 heavy (non-hydrogen) atoms. The Kier molecular flexibility index (Phi) is 4.69. The molecule has 188 valence electrons. The summed E-state index contributed by atoms with van der Waals surface area (Å²) in [5.41, 5.74) is 10.9. The van der Waals surface area contributed by atoms with Gasteiger partial charge in [0.15, 0.2) is 0 Å². The molecule has 0 saturated heterocycles. The molecule has 2 bridgehead atoms. The van der Waals surface area contributed by atoms with Crippen LogP contribution in [0.1, 0.15) is 70.8 Å². The van der Waals surface area contributed by atoms with E-state index in [1.165, 1.54) is 6.07 Å². The summed E-state index contributed by atoms with van der Waals surface area (Å²) in [6.45, 7) is -3.00. The largest absolute Gasteiger partial charge is 0.434 e. The Labute approximate surface area is 211 Å². The number of benzene rings is 1. The maximum Gasteiger partial charge on any atom is 0.387 e. The molecule has 2 aliphatic carbocycles. The van der Waals surface area contributed by atoms with E-state index in [9.17, 15) is 13.6 Å². The van der Waals surface area contributed by atoms with Crippen LogP contribution in [-0.4, -0.2) is 43.8 Å². The van der Waals surface area contributed by atoms with Gasteiger partial charge in [-0.3, -0.25) is 4.79 Å². The Hall–Kier alpha value is -3.92. The first kappa shape index (κ1) is 22.3. The van der Waals surface area contributed by atoms with Gasteiger partial charge in [0.25, 0.3) is 5.91 Å². The summed E-state index contributed by atoms with van der Waals surface area (Å²) >= 11 is 0. The van der Waals surface area contributed by atoms with Gasteiger partial charge < -0.3 is 19.8 Å². The third-order valence-electron chi connectivity index (χ3n) is 8.11. The van der Waals surface area contributed by atoms with Crippen molar-refractivity contribution >= 4 is 11.6 Å². The van der Waals surface area contributed by atoms with E-state index in [4.69, 9.17) is 15.5 Å². The minimum Gasteiger partial charge on any atom is -0.434 e. The van der Waals surface area contributed by atoms with Gasteiger partial charge in [0, 0.05) is 53.8 Å². The summed E-state index contributed by atoms with van der Waals surface area (Å²) in [5.74, 6) is 0.119. The Morgan fingerprint density at radius 1 is 1.14 bits per heavy atom. The number of rotatable bonds is 4. The van der Waals surface area contributed by atoms with Crippen LogP contribution >= 0.6 is 0 Å². The van der Waals surface area contributed by atoms with Crippen molar-refractivity contribution in [2.75, 3.05) is 7.05 Å². The third-order valence-corrected chi connectivity index (χ3v) is 8.11. The summed E-state index contributed by atoms with van der Waals surface area (Å²) in [7, 11) is 1.73. The zero-order chi connectivity index (χ0) is 25.5. The number of aromatic nitrogens is 4. The summed E-state index contributed by atoms with van der Waals surface area (Å²) in [6.07, 6.45) is 8.94. The molecule has 0 radical (unpaired) electrons. The zero-order valence-corrected chi connectivity index (χ0v) is 20.1. The first-order valence-electron chi connectivity index (χ1n) is 12.3. The maximum absolute atomic E-state index is 13.3. The highest BCUT2D eigenvalue weighted by molar-refractivity contribution is 5.98. The number of fused-ring (bicyclic) bond motifs is 9. The van der Waals surface area contributed by atoms with Crippen molar-refractivity contribution in [2.24, 2.45) is 5.73 Å². The monoisotopic (exact) mass is 502 g/mol. The van der Waals surface area contributed by atoms with Crippen LogP contribution < -0.4 is 10.5 Å². The number of ether oxygens (including phenoxy) is 1. The SMILES string of the molecule is CN1C(=O)c2cccc(OC(F)F)c2C2CC1c1nc3ccc(-c4cnc(C5(N)CCC5)nc4)cn3c12. The van der Waals surface area contributed by atoms with Crippen LogP contribution in [0.25, 0.3) is 16.8 Å². The van der Waals surface area contributed by atoms with Gasteiger partial charge in [-0.2, -0.15) is 8.78 Å². The minimum atomic E-state index is -3.00. The molecular weight excluding hydrogens is 478 g/mol. The second-order valence-electron chi connectivity index (χ2n) is 10.1. The lowest BCUT2D eigenvalue weighted by Gasteiger charge is -2.36. The number of hydrogen-bond acceptors (Lipinski definition) is 6. The number of nitrogens with zero attached hydrogens (tertiary/aromatic N) is 5. The average Bonchev–Trinajstić information content (AvgIpc) is 3.40. The van der Waals surface area contributed by atoms with Crippen molar-refractivity contribution in [3.8, 4) is 16.9 Å². The number of hydrogen-bond donors (Lipinski definition) is 1. The lowest BCUT2D eigenvalue weighted by atomic mass is 9.77. The number of carbonyl (C=O) groups excluding carboxylic acids is 1. The number of alkyl halides is 2. The predicted molar refractivity (Wildman–Crippen MR) is 130 cm³/mol. The highest BCUT2D eigenvalue weighted by Gasteiger charge is 2.46. The molecule has 4 aromatic rings. The van der Waals surface area contributed by atoms with Gasteiger partial charge in [0.1, 0.15) is 17.2 Å². The molecule has 4 heterocycles. The second kappa shape index (κ2) is 7.79.